The predicted octanol–water partition coefficient (Wildman–Crippen LogP) is 6.43. The number of ether oxygens (including phenoxy) is 1. The fraction of sp³-hybridized carbons (Fsp3) is 0.480. The van der Waals surface area contributed by atoms with E-state index in [1.54, 1.807) is 18.4 Å². The van der Waals surface area contributed by atoms with Gasteiger partial charge < -0.3 is 10.1 Å². The summed E-state index contributed by atoms with van der Waals surface area (Å²) < 4.78 is 5.35. The molecule has 1 aliphatic carbocycles. The zero-order valence-corrected chi connectivity index (χ0v) is 19.7. The van der Waals surface area contributed by atoms with Gasteiger partial charge in [-0.2, -0.15) is 0 Å². The first-order chi connectivity index (χ1) is 15.0. The molecule has 0 amide bonds. The van der Waals surface area contributed by atoms with Crippen molar-refractivity contribution in [2.75, 3.05) is 19.0 Å². The van der Waals surface area contributed by atoms with E-state index in [1.807, 2.05) is 19.3 Å². The van der Waals surface area contributed by atoms with Crippen LogP contribution in [-0.4, -0.2) is 28.6 Å². The highest BCUT2D eigenvalue weighted by Crippen LogP contribution is 2.36. The number of nitrogens with one attached hydrogen (secondary N) is 1. The van der Waals surface area contributed by atoms with Gasteiger partial charge in [-0.1, -0.05) is 13.8 Å². The minimum absolute atomic E-state index is 0.463. The van der Waals surface area contributed by atoms with Gasteiger partial charge in [-0.15, -0.1) is 11.3 Å². The average molecular weight is 437 g/mol. The van der Waals surface area contributed by atoms with Crippen LogP contribution in [0.3, 0.4) is 0 Å². The van der Waals surface area contributed by atoms with Crippen LogP contribution in [0.1, 0.15) is 67.8 Å². The van der Waals surface area contributed by atoms with Crippen molar-refractivity contribution in [3.05, 3.63) is 53.1 Å². The Morgan fingerprint density at radius 3 is 2.61 bits per heavy atom. The normalized spacial score (nSPS) is 18.9. The Bertz CT molecular complexity index is 1010. The van der Waals surface area contributed by atoms with E-state index in [-0.39, 0.29) is 0 Å². The van der Waals surface area contributed by atoms with Crippen LogP contribution in [-0.2, 0) is 0 Å². The zero-order valence-electron chi connectivity index (χ0n) is 18.9. The fourth-order valence-electron chi connectivity index (χ4n) is 4.29. The lowest BCUT2D eigenvalue weighted by Crippen LogP contribution is -2.21. The van der Waals surface area contributed by atoms with Gasteiger partial charge in [0.2, 0.25) is 0 Å². The highest BCUT2D eigenvalue weighted by Gasteiger charge is 2.23. The Kier molecular flexibility index (Phi) is 6.86. The molecule has 3 aromatic heterocycles. The molecule has 3 aromatic rings. The number of thiazole rings is 1. The summed E-state index contributed by atoms with van der Waals surface area (Å²) in [7, 11) is 1.70. The highest BCUT2D eigenvalue weighted by atomic mass is 32.1. The molecule has 1 aliphatic rings. The van der Waals surface area contributed by atoms with Gasteiger partial charge in [0, 0.05) is 36.5 Å². The third-order valence-corrected chi connectivity index (χ3v) is 7.52. The molecular formula is C25H32N4OS. The van der Waals surface area contributed by atoms with E-state index in [0.717, 1.165) is 23.8 Å². The van der Waals surface area contributed by atoms with Crippen molar-refractivity contribution in [1.82, 2.24) is 15.0 Å². The molecule has 6 heteroatoms. The number of pyridine rings is 2. The third-order valence-electron chi connectivity index (χ3n) is 6.18. The molecule has 0 spiro atoms. The summed E-state index contributed by atoms with van der Waals surface area (Å²) in [6, 6.07) is 8.40. The zero-order chi connectivity index (χ0) is 21.8. The molecule has 0 bridgehead atoms. The van der Waals surface area contributed by atoms with Crippen LogP contribution in [0.2, 0.25) is 0 Å². The maximum Gasteiger partial charge on any atom is 0.140 e. The van der Waals surface area contributed by atoms with E-state index in [0.29, 0.717) is 17.8 Å². The number of hydrogen-bond acceptors (Lipinski definition) is 6. The second kappa shape index (κ2) is 9.77. The number of rotatable bonds is 7. The summed E-state index contributed by atoms with van der Waals surface area (Å²) >= 11 is 1.77. The van der Waals surface area contributed by atoms with Crippen molar-refractivity contribution in [2.45, 2.75) is 58.3 Å². The molecule has 164 valence electrons. The molecule has 3 heterocycles. The van der Waals surface area contributed by atoms with E-state index < -0.39 is 0 Å². The molecule has 1 N–H and O–H groups in total. The molecule has 4 rings (SSSR count). The lowest BCUT2D eigenvalue weighted by Gasteiger charge is -2.28. The van der Waals surface area contributed by atoms with Gasteiger partial charge in [-0.3, -0.25) is 4.98 Å². The van der Waals surface area contributed by atoms with Crippen LogP contribution >= 0.6 is 11.3 Å². The largest absolute Gasteiger partial charge is 0.495 e. The summed E-state index contributed by atoms with van der Waals surface area (Å²) in [5.74, 6) is 3.52. The van der Waals surface area contributed by atoms with E-state index >= 15 is 0 Å². The molecule has 1 fully saturated rings. The molecule has 0 radical (unpaired) electrons. The number of methoxy groups -OCH3 is 1. The monoisotopic (exact) mass is 436 g/mol. The molecule has 0 saturated heterocycles. The second-order valence-corrected chi connectivity index (χ2v) is 9.83. The Balaban J connectivity index is 1.31. The topological polar surface area (TPSA) is 59.9 Å². The van der Waals surface area contributed by atoms with Crippen molar-refractivity contribution in [3.63, 3.8) is 0 Å². The van der Waals surface area contributed by atoms with E-state index in [9.17, 15) is 0 Å². The Labute approximate surface area is 189 Å². The molecule has 0 aliphatic heterocycles. The second-order valence-electron chi connectivity index (χ2n) is 8.77. The molecule has 0 aromatic carbocycles. The van der Waals surface area contributed by atoms with Gasteiger partial charge >= 0.3 is 0 Å². The van der Waals surface area contributed by atoms with Crippen LogP contribution in [0.15, 0.2) is 36.7 Å². The molecular weight excluding hydrogens is 404 g/mol. The minimum atomic E-state index is 0.463. The summed E-state index contributed by atoms with van der Waals surface area (Å²) in [6.07, 6.45) is 8.69. The Hall–Kier alpha value is -2.47. The Morgan fingerprint density at radius 2 is 1.94 bits per heavy atom. The average Bonchev–Trinajstić information content (AvgIpc) is 3.29. The standard InChI is InChI=1S/C25H32N4OS/c1-16(2)25-28-15-23(31-25)20-11-12-26-24(13-20)27-14-18-5-7-19(8-6-18)21-9-10-22(30-4)17(3)29-21/h9-13,15-16,18-19H,5-8,14H2,1-4H3,(H,26,27). The van der Waals surface area contributed by atoms with Gasteiger partial charge in [0.1, 0.15) is 11.6 Å². The van der Waals surface area contributed by atoms with Crippen molar-refractivity contribution >= 4 is 17.2 Å². The van der Waals surface area contributed by atoms with Crippen molar-refractivity contribution in [3.8, 4) is 16.2 Å². The van der Waals surface area contributed by atoms with E-state index in [1.165, 1.54) is 46.8 Å². The minimum Gasteiger partial charge on any atom is -0.495 e. The van der Waals surface area contributed by atoms with Crippen molar-refractivity contribution in [2.24, 2.45) is 5.92 Å². The van der Waals surface area contributed by atoms with Crippen molar-refractivity contribution in [1.29, 1.82) is 0 Å². The molecule has 0 atom stereocenters. The lowest BCUT2D eigenvalue weighted by molar-refractivity contribution is 0.334. The van der Waals surface area contributed by atoms with Gasteiger partial charge in [-0.05, 0) is 68.4 Å². The summed E-state index contributed by atoms with van der Waals surface area (Å²) in [4.78, 5) is 15.1. The van der Waals surface area contributed by atoms with Crippen LogP contribution < -0.4 is 10.1 Å². The van der Waals surface area contributed by atoms with Crippen LogP contribution in [0.5, 0.6) is 5.75 Å². The number of hydrogen-bond donors (Lipinski definition) is 1. The predicted molar refractivity (Wildman–Crippen MR) is 128 cm³/mol. The molecule has 5 nitrogen and oxygen atoms in total. The SMILES string of the molecule is COc1ccc(C2CCC(CNc3cc(-c4cnc(C(C)C)s4)ccn3)CC2)nc1C. The van der Waals surface area contributed by atoms with Crippen LogP contribution in [0.4, 0.5) is 5.82 Å². The lowest BCUT2D eigenvalue weighted by atomic mass is 9.80. The smallest absolute Gasteiger partial charge is 0.140 e. The maximum absolute atomic E-state index is 5.35. The molecule has 0 unspecified atom stereocenters. The van der Waals surface area contributed by atoms with Gasteiger partial charge in [0.05, 0.1) is 22.7 Å². The quantitative estimate of drug-likeness (QED) is 0.463. The maximum atomic E-state index is 5.35. The third kappa shape index (κ3) is 5.24. The first-order valence-electron chi connectivity index (χ1n) is 11.2. The molecule has 1 saturated carbocycles. The Morgan fingerprint density at radius 1 is 1.13 bits per heavy atom. The van der Waals surface area contributed by atoms with E-state index in [2.05, 4.69) is 53.4 Å². The highest BCUT2D eigenvalue weighted by molar-refractivity contribution is 7.15. The van der Waals surface area contributed by atoms with E-state index in [4.69, 9.17) is 9.72 Å². The summed E-state index contributed by atoms with van der Waals surface area (Å²) in [6.45, 7) is 7.36. The fourth-order valence-corrected chi connectivity index (χ4v) is 5.21. The summed E-state index contributed by atoms with van der Waals surface area (Å²) in [5, 5.41) is 4.75. The van der Waals surface area contributed by atoms with Crippen LogP contribution in [0, 0.1) is 12.8 Å². The van der Waals surface area contributed by atoms with Crippen LogP contribution in [0.25, 0.3) is 10.4 Å². The van der Waals surface area contributed by atoms with Gasteiger partial charge in [0.25, 0.3) is 0 Å². The first-order valence-corrected chi connectivity index (χ1v) is 12.0. The summed E-state index contributed by atoms with van der Waals surface area (Å²) in [5.41, 5.74) is 3.38. The first kappa shape index (κ1) is 21.8. The number of aromatic nitrogens is 3. The number of anilines is 1. The van der Waals surface area contributed by atoms with Gasteiger partial charge in [0.15, 0.2) is 0 Å². The number of aryl methyl sites for hydroxylation is 1. The molecule has 31 heavy (non-hydrogen) atoms. The van der Waals surface area contributed by atoms with Crippen molar-refractivity contribution < 1.29 is 4.74 Å². The van der Waals surface area contributed by atoms with Gasteiger partial charge in [-0.25, -0.2) is 9.97 Å². The number of nitrogens with zero attached hydrogens (tertiary/aromatic N) is 3.